The summed E-state index contributed by atoms with van der Waals surface area (Å²) in [5.41, 5.74) is 0.772. The maximum absolute atomic E-state index is 10.8. The maximum Gasteiger partial charge on any atom is 0.308 e. The topological polar surface area (TPSA) is 49.3 Å². The largest absolute Gasteiger partial charge is 0.481 e. The van der Waals surface area contributed by atoms with Crippen molar-refractivity contribution in [2.75, 3.05) is 5.32 Å². The van der Waals surface area contributed by atoms with Crippen molar-refractivity contribution in [2.24, 2.45) is 5.92 Å². The Morgan fingerprint density at radius 3 is 2.31 bits per heavy atom. The second-order valence-corrected chi connectivity index (χ2v) is 4.80. The van der Waals surface area contributed by atoms with Gasteiger partial charge in [0.05, 0.1) is 5.92 Å². The minimum atomic E-state index is -0.753. The van der Waals surface area contributed by atoms with E-state index in [-0.39, 0.29) is 12.0 Å². The molecular formula is C11H11Cl2NO2. The van der Waals surface area contributed by atoms with Crippen LogP contribution in [-0.2, 0) is 4.79 Å². The smallest absolute Gasteiger partial charge is 0.308 e. The van der Waals surface area contributed by atoms with Crippen LogP contribution in [0.2, 0.25) is 10.0 Å². The van der Waals surface area contributed by atoms with Crippen molar-refractivity contribution in [1.29, 1.82) is 0 Å². The zero-order valence-electron chi connectivity index (χ0n) is 8.41. The molecule has 2 unspecified atom stereocenters. The fourth-order valence-electron chi connectivity index (χ4n) is 1.82. The molecule has 1 aromatic carbocycles. The minimum Gasteiger partial charge on any atom is -0.481 e. The third-order valence-electron chi connectivity index (χ3n) is 2.81. The van der Waals surface area contributed by atoms with Crippen LogP contribution in [-0.4, -0.2) is 17.1 Å². The van der Waals surface area contributed by atoms with E-state index in [9.17, 15) is 4.79 Å². The summed E-state index contributed by atoms with van der Waals surface area (Å²) in [4.78, 5) is 10.8. The molecule has 3 nitrogen and oxygen atoms in total. The molecule has 0 amide bonds. The van der Waals surface area contributed by atoms with Crippen LogP contribution < -0.4 is 5.32 Å². The number of nitrogens with one attached hydrogen (secondary N) is 1. The second kappa shape index (κ2) is 4.52. The third kappa shape index (κ3) is 2.42. The molecule has 5 heteroatoms. The normalized spacial score (nSPS) is 23.6. The van der Waals surface area contributed by atoms with E-state index in [1.165, 1.54) is 0 Å². The molecule has 1 fully saturated rings. The van der Waals surface area contributed by atoms with Gasteiger partial charge in [0.25, 0.3) is 0 Å². The Bertz CT molecular complexity index is 402. The first-order chi connectivity index (χ1) is 7.56. The van der Waals surface area contributed by atoms with E-state index in [1.54, 1.807) is 18.2 Å². The number of rotatable bonds is 3. The number of hydrogen-bond donors (Lipinski definition) is 2. The molecule has 1 saturated carbocycles. The number of aliphatic carboxylic acids is 1. The van der Waals surface area contributed by atoms with Gasteiger partial charge in [0.2, 0.25) is 0 Å². The zero-order chi connectivity index (χ0) is 11.7. The van der Waals surface area contributed by atoms with E-state index in [1.807, 2.05) is 0 Å². The van der Waals surface area contributed by atoms with Gasteiger partial charge in [0.1, 0.15) is 0 Å². The Labute approximate surface area is 103 Å². The molecule has 16 heavy (non-hydrogen) atoms. The molecule has 86 valence electrons. The van der Waals surface area contributed by atoms with Crippen molar-refractivity contribution >= 4 is 34.9 Å². The number of carbonyl (C=O) groups is 1. The molecule has 1 aromatic rings. The molecule has 2 N–H and O–H groups in total. The maximum atomic E-state index is 10.8. The van der Waals surface area contributed by atoms with Gasteiger partial charge in [0.15, 0.2) is 0 Å². The lowest BCUT2D eigenvalue weighted by Gasteiger charge is -2.34. The van der Waals surface area contributed by atoms with Crippen molar-refractivity contribution in [3.8, 4) is 0 Å². The fraction of sp³-hybridized carbons (Fsp3) is 0.364. The minimum absolute atomic E-state index is 0.0213. The van der Waals surface area contributed by atoms with Gasteiger partial charge in [-0.25, -0.2) is 0 Å². The number of hydrogen-bond acceptors (Lipinski definition) is 2. The van der Waals surface area contributed by atoms with Gasteiger partial charge in [-0.05, 0) is 31.0 Å². The van der Waals surface area contributed by atoms with Gasteiger partial charge in [-0.2, -0.15) is 0 Å². The quantitative estimate of drug-likeness (QED) is 0.876. The fourth-order valence-corrected chi connectivity index (χ4v) is 2.35. The van der Waals surface area contributed by atoms with Gasteiger partial charge in [0, 0.05) is 21.8 Å². The van der Waals surface area contributed by atoms with Crippen LogP contribution in [0.5, 0.6) is 0 Å². The highest BCUT2D eigenvalue weighted by atomic mass is 35.5. The summed E-state index contributed by atoms with van der Waals surface area (Å²) in [7, 11) is 0. The number of anilines is 1. The first-order valence-corrected chi connectivity index (χ1v) is 5.77. The van der Waals surface area contributed by atoms with Crippen LogP contribution in [0.15, 0.2) is 18.2 Å². The van der Waals surface area contributed by atoms with Crippen LogP contribution in [0.3, 0.4) is 0 Å². The van der Waals surface area contributed by atoms with Crippen LogP contribution in [0.25, 0.3) is 0 Å². The van der Waals surface area contributed by atoms with Gasteiger partial charge in [-0.1, -0.05) is 23.2 Å². The second-order valence-electron chi connectivity index (χ2n) is 3.93. The predicted octanol–water partition coefficient (Wildman–Crippen LogP) is 3.27. The Balaban J connectivity index is 2.07. The van der Waals surface area contributed by atoms with Crippen molar-refractivity contribution in [2.45, 2.75) is 18.9 Å². The number of halogens is 2. The molecule has 1 aliphatic carbocycles. The highest BCUT2D eigenvalue weighted by Gasteiger charge is 2.36. The van der Waals surface area contributed by atoms with Crippen LogP contribution in [0.1, 0.15) is 12.8 Å². The van der Waals surface area contributed by atoms with Gasteiger partial charge >= 0.3 is 5.97 Å². The molecule has 0 saturated heterocycles. The Hall–Kier alpha value is -0.930. The van der Waals surface area contributed by atoms with Crippen molar-refractivity contribution in [3.63, 3.8) is 0 Å². The molecule has 0 bridgehead atoms. The van der Waals surface area contributed by atoms with Gasteiger partial charge < -0.3 is 10.4 Å². The zero-order valence-corrected chi connectivity index (χ0v) is 9.92. The number of benzene rings is 1. The van der Waals surface area contributed by atoms with E-state index < -0.39 is 5.97 Å². The molecule has 0 radical (unpaired) electrons. The van der Waals surface area contributed by atoms with Crippen LogP contribution >= 0.6 is 23.2 Å². The summed E-state index contributed by atoms with van der Waals surface area (Å²) in [5.74, 6) is -1.06. The SMILES string of the molecule is O=C(O)C1CCC1Nc1cc(Cl)cc(Cl)c1. The summed E-state index contributed by atoms with van der Waals surface area (Å²) < 4.78 is 0. The number of carboxylic acid groups (broad SMARTS) is 1. The lowest BCUT2D eigenvalue weighted by atomic mass is 9.79. The number of carboxylic acids is 1. The lowest BCUT2D eigenvalue weighted by molar-refractivity contribution is -0.144. The first-order valence-electron chi connectivity index (χ1n) is 5.01. The summed E-state index contributed by atoms with van der Waals surface area (Å²) >= 11 is 11.7. The molecule has 0 heterocycles. The summed E-state index contributed by atoms with van der Waals surface area (Å²) in [6, 6.07) is 5.10. The van der Waals surface area contributed by atoms with E-state index in [4.69, 9.17) is 28.3 Å². The standard InChI is InChI=1S/C11H11Cl2NO2/c12-6-3-7(13)5-8(4-6)14-10-2-1-9(10)11(15)16/h3-5,9-10,14H,1-2H2,(H,15,16). The average molecular weight is 260 g/mol. The Morgan fingerprint density at radius 1 is 1.25 bits per heavy atom. The van der Waals surface area contributed by atoms with Gasteiger partial charge in [-0.3, -0.25) is 4.79 Å². The molecular weight excluding hydrogens is 249 g/mol. The average Bonchev–Trinajstić information content (AvgIpc) is 2.09. The van der Waals surface area contributed by atoms with E-state index >= 15 is 0 Å². The summed E-state index contributed by atoms with van der Waals surface area (Å²) in [6.45, 7) is 0. The Kier molecular flexibility index (Phi) is 3.26. The lowest BCUT2D eigenvalue weighted by Crippen LogP contribution is -2.42. The highest BCUT2D eigenvalue weighted by Crippen LogP contribution is 2.32. The van der Waals surface area contributed by atoms with Crippen molar-refractivity contribution in [1.82, 2.24) is 0 Å². The molecule has 1 aliphatic rings. The molecule has 0 aromatic heterocycles. The molecule has 0 aliphatic heterocycles. The summed E-state index contributed by atoms with van der Waals surface area (Å²) in [5, 5.41) is 13.1. The summed E-state index contributed by atoms with van der Waals surface area (Å²) in [6.07, 6.45) is 1.59. The van der Waals surface area contributed by atoms with E-state index in [0.29, 0.717) is 10.0 Å². The monoisotopic (exact) mass is 259 g/mol. The first kappa shape index (κ1) is 11.6. The molecule has 2 rings (SSSR count). The third-order valence-corrected chi connectivity index (χ3v) is 3.24. The van der Waals surface area contributed by atoms with E-state index in [2.05, 4.69) is 5.32 Å². The van der Waals surface area contributed by atoms with Crippen LogP contribution in [0, 0.1) is 5.92 Å². The molecule has 0 spiro atoms. The highest BCUT2D eigenvalue weighted by molar-refractivity contribution is 6.35. The van der Waals surface area contributed by atoms with Crippen molar-refractivity contribution in [3.05, 3.63) is 28.2 Å². The van der Waals surface area contributed by atoms with Crippen molar-refractivity contribution < 1.29 is 9.90 Å². The molecule has 2 atom stereocenters. The van der Waals surface area contributed by atoms with E-state index in [0.717, 1.165) is 18.5 Å². The van der Waals surface area contributed by atoms with Gasteiger partial charge in [-0.15, -0.1) is 0 Å². The van der Waals surface area contributed by atoms with Crippen LogP contribution in [0.4, 0.5) is 5.69 Å². The predicted molar refractivity (Wildman–Crippen MR) is 64.2 cm³/mol. The Morgan fingerprint density at radius 2 is 1.88 bits per heavy atom.